The van der Waals surface area contributed by atoms with Crippen molar-refractivity contribution in [2.24, 2.45) is 5.92 Å². The third-order valence-corrected chi connectivity index (χ3v) is 8.88. The largest absolute Gasteiger partial charge is 0.469 e. The van der Waals surface area contributed by atoms with Gasteiger partial charge in [-0.2, -0.15) is 8.61 Å². The summed E-state index contributed by atoms with van der Waals surface area (Å²) in [5, 5.41) is 0. The van der Waals surface area contributed by atoms with Crippen molar-refractivity contribution in [1.82, 2.24) is 8.61 Å². The SMILES string of the molecule is COC(=O)C1CCN(S(=O)(=O)c2ccc(S(=O)(=O)N3CCOCC3)cc2)CC1. The molecule has 0 amide bonds. The molecule has 0 saturated carbocycles. The Hall–Kier alpha value is -1.53. The van der Waals surface area contributed by atoms with Gasteiger partial charge in [0.2, 0.25) is 20.0 Å². The first-order chi connectivity index (χ1) is 13.3. The van der Waals surface area contributed by atoms with E-state index in [1.54, 1.807) is 0 Å². The van der Waals surface area contributed by atoms with Crippen LogP contribution in [0.5, 0.6) is 0 Å². The summed E-state index contributed by atoms with van der Waals surface area (Å²) in [6.07, 6.45) is 0.796. The molecule has 2 aliphatic heterocycles. The maximum atomic E-state index is 12.8. The Labute approximate surface area is 165 Å². The van der Waals surface area contributed by atoms with Crippen LogP contribution in [0, 0.1) is 5.92 Å². The molecular formula is C17H24N2O7S2. The second-order valence-corrected chi connectivity index (χ2v) is 10.6. The van der Waals surface area contributed by atoms with Crippen molar-refractivity contribution in [2.75, 3.05) is 46.5 Å². The smallest absolute Gasteiger partial charge is 0.308 e. The van der Waals surface area contributed by atoms with E-state index in [9.17, 15) is 21.6 Å². The van der Waals surface area contributed by atoms with Gasteiger partial charge in [-0.1, -0.05) is 0 Å². The Morgan fingerprint density at radius 3 is 1.75 bits per heavy atom. The summed E-state index contributed by atoms with van der Waals surface area (Å²) in [5.74, 6) is -0.618. The fourth-order valence-corrected chi connectivity index (χ4v) is 6.24. The lowest BCUT2D eigenvalue weighted by Crippen LogP contribution is -2.41. The van der Waals surface area contributed by atoms with Gasteiger partial charge in [0.25, 0.3) is 0 Å². The summed E-state index contributed by atoms with van der Waals surface area (Å²) in [6, 6.07) is 5.27. The van der Waals surface area contributed by atoms with Crippen molar-refractivity contribution in [3.05, 3.63) is 24.3 Å². The molecule has 1 aromatic carbocycles. The van der Waals surface area contributed by atoms with Crippen LogP contribution in [0.1, 0.15) is 12.8 Å². The zero-order chi connectivity index (χ0) is 20.4. The quantitative estimate of drug-likeness (QED) is 0.615. The second kappa shape index (κ2) is 8.46. The lowest BCUT2D eigenvalue weighted by atomic mass is 9.99. The van der Waals surface area contributed by atoms with Crippen molar-refractivity contribution in [2.45, 2.75) is 22.6 Å². The van der Waals surface area contributed by atoms with Gasteiger partial charge in [-0.15, -0.1) is 0 Å². The van der Waals surface area contributed by atoms with Crippen LogP contribution in [0.25, 0.3) is 0 Å². The van der Waals surface area contributed by atoms with E-state index >= 15 is 0 Å². The normalized spacial score (nSPS) is 20.8. The number of hydrogen-bond donors (Lipinski definition) is 0. The highest BCUT2D eigenvalue weighted by molar-refractivity contribution is 7.89. The molecule has 2 fully saturated rings. The Kier molecular flexibility index (Phi) is 6.40. The lowest BCUT2D eigenvalue weighted by Gasteiger charge is -2.30. The highest BCUT2D eigenvalue weighted by Crippen LogP contribution is 2.26. The van der Waals surface area contributed by atoms with E-state index in [4.69, 9.17) is 9.47 Å². The number of sulfonamides is 2. The average molecular weight is 433 g/mol. The van der Waals surface area contributed by atoms with Crippen LogP contribution < -0.4 is 0 Å². The van der Waals surface area contributed by atoms with Gasteiger partial charge < -0.3 is 9.47 Å². The molecule has 0 spiro atoms. The van der Waals surface area contributed by atoms with Crippen molar-refractivity contribution in [1.29, 1.82) is 0 Å². The van der Waals surface area contributed by atoms with E-state index in [1.165, 1.54) is 40.0 Å². The first-order valence-corrected chi connectivity index (χ1v) is 11.9. The first kappa shape index (κ1) is 21.2. The van der Waals surface area contributed by atoms with E-state index in [2.05, 4.69) is 0 Å². The zero-order valence-corrected chi connectivity index (χ0v) is 17.2. The molecule has 0 aliphatic carbocycles. The molecule has 2 aliphatic rings. The van der Waals surface area contributed by atoms with Gasteiger partial charge in [0, 0.05) is 26.2 Å². The Morgan fingerprint density at radius 1 is 0.893 bits per heavy atom. The minimum Gasteiger partial charge on any atom is -0.469 e. The monoisotopic (exact) mass is 432 g/mol. The van der Waals surface area contributed by atoms with Crippen LogP contribution in [-0.2, 0) is 34.3 Å². The average Bonchev–Trinajstić information content (AvgIpc) is 2.74. The number of morpholine rings is 1. The number of benzene rings is 1. The number of methoxy groups -OCH3 is 1. The minimum atomic E-state index is -3.75. The third-order valence-electron chi connectivity index (χ3n) is 5.06. The summed E-state index contributed by atoms with van der Waals surface area (Å²) in [7, 11) is -6.11. The Bertz CT molecular complexity index is 899. The maximum Gasteiger partial charge on any atom is 0.308 e. The molecule has 0 atom stereocenters. The summed E-state index contributed by atoms with van der Waals surface area (Å²) in [5.41, 5.74) is 0. The first-order valence-electron chi connectivity index (χ1n) is 9.03. The fourth-order valence-electron chi connectivity index (χ4n) is 3.37. The molecule has 28 heavy (non-hydrogen) atoms. The molecule has 2 saturated heterocycles. The Morgan fingerprint density at radius 2 is 1.32 bits per heavy atom. The predicted molar refractivity (Wildman–Crippen MR) is 99.5 cm³/mol. The molecule has 0 bridgehead atoms. The van der Waals surface area contributed by atoms with Crippen LogP contribution >= 0.6 is 0 Å². The van der Waals surface area contributed by atoms with Gasteiger partial charge in [-0.05, 0) is 37.1 Å². The van der Waals surface area contributed by atoms with Crippen molar-refractivity contribution >= 4 is 26.0 Å². The summed E-state index contributed by atoms with van der Waals surface area (Å²) in [4.78, 5) is 11.7. The molecule has 156 valence electrons. The van der Waals surface area contributed by atoms with Crippen LogP contribution in [0.2, 0.25) is 0 Å². The zero-order valence-electron chi connectivity index (χ0n) is 15.6. The number of carbonyl (C=O) groups is 1. The van der Waals surface area contributed by atoms with Crippen molar-refractivity contribution in [3.63, 3.8) is 0 Å². The van der Waals surface area contributed by atoms with Crippen LogP contribution in [0.3, 0.4) is 0 Å². The predicted octanol–water partition coefficient (Wildman–Crippen LogP) is 0.281. The van der Waals surface area contributed by atoms with Gasteiger partial charge >= 0.3 is 5.97 Å². The number of hydrogen-bond acceptors (Lipinski definition) is 7. The number of ether oxygens (including phenoxy) is 2. The number of rotatable bonds is 5. The molecule has 11 heteroatoms. The topological polar surface area (TPSA) is 110 Å². The number of esters is 1. The molecule has 2 heterocycles. The third kappa shape index (κ3) is 4.23. The van der Waals surface area contributed by atoms with E-state index in [0.717, 1.165) is 0 Å². The van der Waals surface area contributed by atoms with E-state index in [-0.39, 0.29) is 47.9 Å². The number of nitrogens with zero attached hydrogens (tertiary/aromatic N) is 2. The standard InChI is InChI=1S/C17H24N2O7S2/c1-25-17(20)14-6-8-18(9-7-14)27(21,22)15-2-4-16(5-3-15)28(23,24)19-10-12-26-13-11-19/h2-5,14H,6-13H2,1H3. The van der Waals surface area contributed by atoms with Gasteiger partial charge in [0.05, 0.1) is 36.0 Å². The molecule has 0 radical (unpaired) electrons. The highest BCUT2D eigenvalue weighted by atomic mass is 32.2. The molecule has 3 rings (SSSR count). The second-order valence-electron chi connectivity index (χ2n) is 6.69. The molecule has 9 nitrogen and oxygen atoms in total. The van der Waals surface area contributed by atoms with Crippen LogP contribution in [0.15, 0.2) is 34.1 Å². The number of carbonyl (C=O) groups excluding carboxylic acids is 1. The molecule has 0 unspecified atom stereocenters. The van der Waals surface area contributed by atoms with E-state index < -0.39 is 20.0 Å². The summed E-state index contributed by atoms with van der Waals surface area (Å²) in [6.45, 7) is 1.67. The molecule has 0 N–H and O–H groups in total. The summed E-state index contributed by atoms with van der Waals surface area (Å²) >= 11 is 0. The Balaban J connectivity index is 1.73. The molecule has 1 aromatic rings. The van der Waals surface area contributed by atoms with Gasteiger partial charge in [0.15, 0.2) is 0 Å². The fraction of sp³-hybridized carbons (Fsp3) is 0.588. The van der Waals surface area contributed by atoms with Gasteiger partial charge in [0.1, 0.15) is 0 Å². The van der Waals surface area contributed by atoms with Gasteiger partial charge in [-0.3, -0.25) is 4.79 Å². The minimum absolute atomic E-state index is 0.0324. The van der Waals surface area contributed by atoms with Crippen molar-refractivity contribution < 1.29 is 31.1 Å². The number of piperidine rings is 1. The van der Waals surface area contributed by atoms with Crippen molar-refractivity contribution in [3.8, 4) is 0 Å². The van der Waals surface area contributed by atoms with Crippen LogP contribution in [0.4, 0.5) is 0 Å². The van der Waals surface area contributed by atoms with Gasteiger partial charge in [-0.25, -0.2) is 16.8 Å². The highest BCUT2D eigenvalue weighted by Gasteiger charge is 2.33. The maximum absolute atomic E-state index is 12.8. The molecular weight excluding hydrogens is 408 g/mol. The lowest BCUT2D eigenvalue weighted by molar-refractivity contribution is -0.146. The van der Waals surface area contributed by atoms with Crippen LogP contribution in [-0.4, -0.2) is 77.9 Å². The summed E-state index contributed by atoms with van der Waals surface area (Å²) < 4.78 is 63.5. The van der Waals surface area contributed by atoms with E-state index in [1.807, 2.05) is 0 Å². The molecule has 0 aromatic heterocycles. The van der Waals surface area contributed by atoms with E-state index in [0.29, 0.717) is 26.1 Å².